The molecule has 4 heteroatoms. The van der Waals surface area contributed by atoms with Crippen LogP contribution in [0.1, 0.15) is 17.7 Å². The fraction of sp³-hybridized carbons (Fsp3) is 0.500. The minimum Gasteiger partial charge on any atom is -0.330 e. The molecule has 2 aromatic rings. The summed E-state index contributed by atoms with van der Waals surface area (Å²) in [7, 11) is 0. The number of aryl methyl sites for hydroxylation is 1. The van der Waals surface area contributed by atoms with E-state index in [4.69, 9.17) is 5.73 Å². The predicted molar refractivity (Wildman–Crippen MR) is 72.4 cm³/mol. The zero-order valence-corrected chi connectivity index (χ0v) is 10.8. The summed E-state index contributed by atoms with van der Waals surface area (Å²) in [5.74, 6) is 0.671. The molecule has 1 aliphatic heterocycles. The minimum atomic E-state index is 0.671. The van der Waals surface area contributed by atoms with Crippen molar-refractivity contribution in [3.05, 3.63) is 35.8 Å². The average Bonchev–Trinajstić information content (AvgIpc) is 2.95. The second-order valence-corrected chi connectivity index (χ2v) is 5.33. The van der Waals surface area contributed by atoms with Crippen molar-refractivity contribution in [2.45, 2.75) is 19.9 Å². The Bertz CT molecular complexity index is 546. The number of fused-ring (bicyclic) bond motifs is 1. The van der Waals surface area contributed by atoms with E-state index in [-0.39, 0.29) is 0 Å². The first-order valence-corrected chi connectivity index (χ1v) is 6.61. The molecule has 18 heavy (non-hydrogen) atoms. The van der Waals surface area contributed by atoms with E-state index >= 15 is 0 Å². The summed E-state index contributed by atoms with van der Waals surface area (Å²) in [6.07, 6.45) is 5.49. The topological polar surface area (TPSA) is 46.6 Å². The molecule has 0 bridgehead atoms. The van der Waals surface area contributed by atoms with Crippen molar-refractivity contribution >= 4 is 5.65 Å². The van der Waals surface area contributed by atoms with Gasteiger partial charge in [0.25, 0.3) is 0 Å². The summed E-state index contributed by atoms with van der Waals surface area (Å²) >= 11 is 0. The van der Waals surface area contributed by atoms with E-state index < -0.39 is 0 Å². The first-order valence-electron chi connectivity index (χ1n) is 6.61. The molecule has 1 aliphatic rings. The second kappa shape index (κ2) is 4.71. The largest absolute Gasteiger partial charge is 0.330 e. The Labute approximate surface area is 107 Å². The van der Waals surface area contributed by atoms with Gasteiger partial charge >= 0.3 is 0 Å². The number of imidazole rings is 1. The molecule has 0 radical (unpaired) electrons. The lowest BCUT2D eigenvalue weighted by molar-refractivity contribution is 0.314. The van der Waals surface area contributed by atoms with Crippen LogP contribution in [0.3, 0.4) is 0 Å². The summed E-state index contributed by atoms with van der Waals surface area (Å²) < 4.78 is 2.11. The maximum Gasteiger partial charge on any atom is 0.137 e. The third-order valence-electron chi connectivity index (χ3n) is 3.74. The fourth-order valence-electron chi connectivity index (χ4n) is 2.71. The van der Waals surface area contributed by atoms with Crippen molar-refractivity contribution in [2.75, 3.05) is 19.6 Å². The number of likely N-dealkylation sites (tertiary alicyclic amines) is 1. The van der Waals surface area contributed by atoms with Gasteiger partial charge in [-0.05, 0) is 44.0 Å². The van der Waals surface area contributed by atoms with Crippen LogP contribution in [0.25, 0.3) is 5.65 Å². The van der Waals surface area contributed by atoms with Crippen LogP contribution in [0.4, 0.5) is 0 Å². The van der Waals surface area contributed by atoms with Gasteiger partial charge in [-0.2, -0.15) is 0 Å². The van der Waals surface area contributed by atoms with Gasteiger partial charge < -0.3 is 10.1 Å². The Balaban J connectivity index is 1.75. The molecule has 2 aromatic heterocycles. The van der Waals surface area contributed by atoms with E-state index in [0.717, 1.165) is 37.5 Å². The molecule has 3 heterocycles. The quantitative estimate of drug-likeness (QED) is 0.888. The summed E-state index contributed by atoms with van der Waals surface area (Å²) in [4.78, 5) is 7.11. The Morgan fingerprint density at radius 3 is 3.06 bits per heavy atom. The Hall–Kier alpha value is -1.39. The summed E-state index contributed by atoms with van der Waals surface area (Å²) in [6.45, 7) is 6.11. The maximum absolute atomic E-state index is 5.72. The number of rotatable bonds is 3. The molecule has 0 aliphatic carbocycles. The SMILES string of the molecule is Cc1ccc2nc(CN3CCC(CN)C3)cn2c1. The van der Waals surface area contributed by atoms with Gasteiger partial charge in [0.05, 0.1) is 5.69 Å². The number of nitrogens with zero attached hydrogens (tertiary/aromatic N) is 3. The summed E-state index contributed by atoms with van der Waals surface area (Å²) in [6, 6.07) is 4.18. The van der Waals surface area contributed by atoms with Crippen LogP contribution in [-0.4, -0.2) is 33.9 Å². The van der Waals surface area contributed by atoms with Crippen LogP contribution >= 0.6 is 0 Å². The lowest BCUT2D eigenvalue weighted by Crippen LogP contribution is -2.22. The highest BCUT2D eigenvalue weighted by molar-refractivity contribution is 5.41. The van der Waals surface area contributed by atoms with Gasteiger partial charge in [0.2, 0.25) is 0 Å². The van der Waals surface area contributed by atoms with E-state index in [0.29, 0.717) is 5.92 Å². The summed E-state index contributed by atoms with van der Waals surface area (Å²) in [5, 5.41) is 0. The van der Waals surface area contributed by atoms with Crippen LogP contribution in [0.2, 0.25) is 0 Å². The third-order valence-corrected chi connectivity index (χ3v) is 3.74. The van der Waals surface area contributed by atoms with Crippen molar-refractivity contribution in [1.82, 2.24) is 14.3 Å². The zero-order chi connectivity index (χ0) is 12.5. The molecule has 1 fully saturated rings. The smallest absolute Gasteiger partial charge is 0.137 e. The molecular formula is C14H20N4. The van der Waals surface area contributed by atoms with Crippen molar-refractivity contribution in [2.24, 2.45) is 11.7 Å². The second-order valence-electron chi connectivity index (χ2n) is 5.33. The predicted octanol–water partition coefficient (Wildman–Crippen LogP) is 1.42. The van der Waals surface area contributed by atoms with E-state index in [1.54, 1.807) is 0 Å². The van der Waals surface area contributed by atoms with E-state index in [1.165, 1.54) is 12.0 Å². The number of aromatic nitrogens is 2. The van der Waals surface area contributed by atoms with Gasteiger partial charge in [-0.1, -0.05) is 6.07 Å². The number of pyridine rings is 1. The maximum atomic E-state index is 5.72. The monoisotopic (exact) mass is 244 g/mol. The minimum absolute atomic E-state index is 0.671. The highest BCUT2D eigenvalue weighted by Crippen LogP contribution is 2.17. The zero-order valence-electron chi connectivity index (χ0n) is 10.8. The van der Waals surface area contributed by atoms with Crippen LogP contribution in [0.15, 0.2) is 24.5 Å². The molecule has 1 atom stereocenters. The normalized spacial score (nSPS) is 20.9. The third kappa shape index (κ3) is 2.26. The van der Waals surface area contributed by atoms with Crippen molar-refractivity contribution < 1.29 is 0 Å². The Morgan fingerprint density at radius 1 is 1.39 bits per heavy atom. The Morgan fingerprint density at radius 2 is 2.28 bits per heavy atom. The molecule has 96 valence electrons. The Kier molecular flexibility index (Phi) is 3.06. The number of nitrogens with two attached hydrogens (primary N) is 1. The van der Waals surface area contributed by atoms with Gasteiger partial charge in [0.1, 0.15) is 5.65 Å². The molecule has 1 saturated heterocycles. The van der Waals surface area contributed by atoms with Gasteiger partial charge in [0.15, 0.2) is 0 Å². The first kappa shape index (κ1) is 11.7. The van der Waals surface area contributed by atoms with Gasteiger partial charge in [0, 0.05) is 25.5 Å². The molecular weight excluding hydrogens is 224 g/mol. The van der Waals surface area contributed by atoms with Crippen molar-refractivity contribution in [3.63, 3.8) is 0 Å². The lowest BCUT2D eigenvalue weighted by Gasteiger charge is -2.13. The average molecular weight is 244 g/mol. The molecule has 1 unspecified atom stereocenters. The van der Waals surface area contributed by atoms with Crippen LogP contribution in [0.5, 0.6) is 0 Å². The van der Waals surface area contributed by atoms with Crippen molar-refractivity contribution in [3.8, 4) is 0 Å². The van der Waals surface area contributed by atoms with Gasteiger partial charge in [-0.15, -0.1) is 0 Å². The number of hydrogen-bond donors (Lipinski definition) is 1. The molecule has 0 spiro atoms. The van der Waals surface area contributed by atoms with E-state index in [9.17, 15) is 0 Å². The van der Waals surface area contributed by atoms with E-state index in [2.05, 4.69) is 45.7 Å². The molecule has 0 saturated carbocycles. The van der Waals surface area contributed by atoms with Crippen LogP contribution in [-0.2, 0) is 6.54 Å². The molecule has 0 aromatic carbocycles. The van der Waals surface area contributed by atoms with E-state index in [1.807, 2.05) is 0 Å². The highest BCUT2D eigenvalue weighted by atomic mass is 15.2. The number of hydrogen-bond acceptors (Lipinski definition) is 3. The molecule has 2 N–H and O–H groups in total. The van der Waals surface area contributed by atoms with Gasteiger partial charge in [-0.3, -0.25) is 4.90 Å². The lowest BCUT2D eigenvalue weighted by atomic mass is 10.1. The standard InChI is InChI=1S/C14H20N4/c1-11-2-3-14-16-13(10-18(14)7-11)9-17-5-4-12(6-15)8-17/h2-3,7,10,12H,4-6,8-9,15H2,1H3. The first-order chi connectivity index (χ1) is 8.74. The summed E-state index contributed by atoms with van der Waals surface area (Å²) in [5.41, 5.74) is 9.16. The fourth-order valence-corrected chi connectivity index (χ4v) is 2.71. The molecule has 0 amide bonds. The highest BCUT2D eigenvalue weighted by Gasteiger charge is 2.21. The molecule has 4 nitrogen and oxygen atoms in total. The van der Waals surface area contributed by atoms with Crippen molar-refractivity contribution in [1.29, 1.82) is 0 Å². The van der Waals surface area contributed by atoms with Crippen LogP contribution in [0, 0.1) is 12.8 Å². The van der Waals surface area contributed by atoms with Gasteiger partial charge in [-0.25, -0.2) is 4.98 Å². The molecule has 3 rings (SSSR count). The van der Waals surface area contributed by atoms with Crippen LogP contribution < -0.4 is 5.73 Å².